The minimum atomic E-state index is 0.153. The number of hydrogen-bond acceptors (Lipinski definition) is 5. The first-order valence-corrected chi connectivity index (χ1v) is 11.3. The average molecular weight is 432 g/mol. The Kier molecular flexibility index (Phi) is 5.70. The molecule has 1 aromatic heterocycles. The number of ether oxygens (including phenoxy) is 2. The zero-order valence-corrected chi connectivity index (χ0v) is 18.8. The van der Waals surface area contributed by atoms with Crippen LogP contribution in [0, 0.1) is 0 Å². The van der Waals surface area contributed by atoms with Gasteiger partial charge in [-0.15, -0.1) is 0 Å². The first-order valence-electron chi connectivity index (χ1n) is 11.3. The maximum Gasteiger partial charge on any atom is 0.254 e. The third-order valence-electron chi connectivity index (χ3n) is 6.67. The normalized spacial score (nSPS) is 16.2. The molecule has 0 unspecified atom stereocenters. The summed E-state index contributed by atoms with van der Waals surface area (Å²) in [6.45, 7) is 3.87. The highest BCUT2D eigenvalue weighted by molar-refractivity contribution is 6.07. The quantitative estimate of drug-likeness (QED) is 0.617. The number of carbonyl (C=O) groups is 1. The van der Waals surface area contributed by atoms with Crippen molar-refractivity contribution in [3.05, 3.63) is 64.8 Å². The van der Waals surface area contributed by atoms with E-state index in [1.807, 2.05) is 47.4 Å². The van der Waals surface area contributed by atoms with Gasteiger partial charge in [0.2, 0.25) is 0 Å². The van der Waals surface area contributed by atoms with Crippen LogP contribution in [0.1, 0.15) is 33.6 Å². The summed E-state index contributed by atoms with van der Waals surface area (Å²) in [5.41, 5.74) is 5.18. The minimum absolute atomic E-state index is 0.153. The number of rotatable bonds is 5. The zero-order chi connectivity index (χ0) is 22.1. The molecule has 5 rings (SSSR count). The Morgan fingerprint density at radius 3 is 2.59 bits per heavy atom. The molecule has 0 spiro atoms. The molecule has 2 aromatic carbocycles. The van der Waals surface area contributed by atoms with Crippen molar-refractivity contribution >= 4 is 16.8 Å². The Balaban J connectivity index is 1.33. The number of hydrogen-bond donors (Lipinski definition) is 0. The lowest BCUT2D eigenvalue weighted by Gasteiger charge is -2.35. The SMILES string of the molecule is COc1ccc(OC)c(CN2CCN(C(=O)c3c4c(nc5ccccc35)CCC4)CC2)c1. The van der Waals surface area contributed by atoms with Crippen LogP contribution in [0.4, 0.5) is 0 Å². The molecular weight excluding hydrogens is 402 g/mol. The van der Waals surface area contributed by atoms with Crippen LogP contribution in [0.2, 0.25) is 0 Å². The van der Waals surface area contributed by atoms with Crippen molar-refractivity contribution in [3.63, 3.8) is 0 Å². The molecule has 32 heavy (non-hydrogen) atoms. The van der Waals surface area contributed by atoms with Crippen molar-refractivity contribution < 1.29 is 14.3 Å². The highest BCUT2D eigenvalue weighted by atomic mass is 16.5. The first-order chi connectivity index (χ1) is 15.7. The van der Waals surface area contributed by atoms with Crippen LogP contribution in [-0.2, 0) is 19.4 Å². The predicted molar refractivity (Wildman–Crippen MR) is 124 cm³/mol. The molecule has 1 aliphatic heterocycles. The Hall–Kier alpha value is -3.12. The van der Waals surface area contributed by atoms with E-state index in [2.05, 4.69) is 4.90 Å². The van der Waals surface area contributed by atoms with Gasteiger partial charge < -0.3 is 14.4 Å². The van der Waals surface area contributed by atoms with Gasteiger partial charge in [0.25, 0.3) is 5.91 Å². The van der Waals surface area contributed by atoms with E-state index in [0.29, 0.717) is 0 Å². The van der Waals surface area contributed by atoms with Crippen LogP contribution in [0.3, 0.4) is 0 Å². The molecule has 1 amide bonds. The van der Waals surface area contributed by atoms with Gasteiger partial charge in [0.1, 0.15) is 11.5 Å². The molecule has 6 nitrogen and oxygen atoms in total. The van der Waals surface area contributed by atoms with E-state index < -0.39 is 0 Å². The van der Waals surface area contributed by atoms with Gasteiger partial charge in [-0.3, -0.25) is 14.7 Å². The number of para-hydroxylation sites is 1. The summed E-state index contributed by atoms with van der Waals surface area (Å²) >= 11 is 0. The van der Waals surface area contributed by atoms with E-state index >= 15 is 0 Å². The van der Waals surface area contributed by atoms with Crippen molar-refractivity contribution in [2.45, 2.75) is 25.8 Å². The maximum absolute atomic E-state index is 13.7. The van der Waals surface area contributed by atoms with Gasteiger partial charge in [0.15, 0.2) is 0 Å². The second-order valence-electron chi connectivity index (χ2n) is 8.53. The standard InChI is InChI=1S/C26H29N3O3/c1-31-19-10-11-24(32-2)18(16-19)17-28-12-14-29(15-13-28)26(30)25-20-6-3-4-8-22(20)27-23-9-5-7-21(23)25/h3-4,6,8,10-11,16H,5,7,9,12-15,17H2,1-2H3. The van der Waals surface area contributed by atoms with Crippen LogP contribution < -0.4 is 9.47 Å². The Morgan fingerprint density at radius 2 is 1.81 bits per heavy atom. The summed E-state index contributed by atoms with van der Waals surface area (Å²) in [4.78, 5) is 22.9. The number of piperazine rings is 1. The molecule has 0 saturated carbocycles. The first kappa shape index (κ1) is 20.8. The molecule has 0 radical (unpaired) electrons. The highest BCUT2D eigenvalue weighted by Crippen LogP contribution is 2.31. The molecule has 1 saturated heterocycles. The largest absolute Gasteiger partial charge is 0.497 e. The van der Waals surface area contributed by atoms with Gasteiger partial charge in [-0.1, -0.05) is 18.2 Å². The highest BCUT2D eigenvalue weighted by Gasteiger charge is 2.29. The summed E-state index contributed by atoms with van der Waals surface area (Å²) in [7, 11) is 3.37. The van der Waals surface area contributed by atoms with Gasteiger partial charge in [0.05, 0.1) is 25.3 Å². The maximum atomic E-state index is 13.7. The number of aromatic nitrogens is 1. The lowest BCUT2D eigenvalue weighted by Crippen LogP contribution is -2.48. The van der Waals surface area contributed by atoms with E-state index in [9.17, 15) is 4.79 Å². The molecule has 1 aliphatic carbocycles. The van der Waals surface area contributed by atoms with Crippen LogP contribution in [0.25, 0.3) is 10.9 Å². The number of benzene rings is 2. The van der Waals surface area contributed by atoms with E-state index in [1.54, 1.807) is 14.2 Å². The summed E-state index contributed by atoms with van der Waals surface area (Å²) in [6.07, 6.45) is 3.00. The number of methoxy groups -OCH3 is 2. The second kappa shape index (κ2) is 8.79. The fraction of sp³-hybridized carbons (Fsp3) is 0.385. The lowest BCUT2D eigenvalue weighted by atomic mass is 9.99. The molecule has 0 N–H and O–H groups in total. The van der Waals surface area contributed by atoms with Crippen LogP contribution in [0.5, 0.6) is 11.5 Å². The molecule has 2 aliphatic rings. The molecule has 2 heterocycles. The van der Waals surface area contributed by atoms with E-state index in [0.717, 1.165) is 96.8 Å². The summed E-state index contributed by atoms with van der Waals surface area (Å²) in [6, 6.07) is 13.9. The minimum Gasteiger partial charge on any atom is -0.497 e. The number of aryl methyl sites for hydroxylation is 1. The van der Waals surface area contributed by atoms with Gasteiger partial charge in [-0.25, -0.2) is 0 Å². The molecular formula is C26H29N3O3. The van der Waals surface area contributed by atoms with Gasteiger partial charge in [-0.2, -0.15) is 0 Å². The fourth-order valence-electron chi connectivity index (χ4n) is 4.97. The summed E-state index contributed by atoms with van der Waals surface area (Å²) in [5.74, 6) is 1.84. The predicted octanol–water partition coefficient (Wildman–Crippen LogP) is 3.70. The van der Waals surface area contributed by atoms with Crippen molar-refractivity contribution in [1.82, 2.24) is 14.8 Å². The third-order valence-corrected chi connectivity index (χ3v) is 6.67. The molecule has 6 heteroatoms. The lowest BCUT2D eigenvalue weighted by molar-refractivity contribution is 0.0628. The molecule has 0 atom stereocenters. The van der Waals surface area contributed by atoms with Crippen molar-refractivity contribution in [1.29, 1.82) is 0 Å². The summed E-state index contributed by atoms with van der Waals surface area (Å²) in [5, 5.41) is 0.988. The van der Waals surface area contributed by atoms with Crippen LogP contribution in [0.15, 0.2) is 42.5 Å². The molecule has 166 valence electrons. The molecule has 1 fully saturated rings. The Morgan fingerprint density at radius 1 is 1.00 bits per heavy atom. The molecule has 0 bridgehead atoms. The number of pyridine rings is 1. The van der Waals surface area contributed by atoms with E-state index in [-0.39, 0.29) is 5.91 Å². The topological polar surface area (TPSA) is 54.9 Å². The smallest absolute Gasteiger partial charge is 0.254 e. The van der Waals surface area contributed by atoms with Crippen LogP contribution in [-0.4, -0.2) is 61.1 Å². The monoisotopic (exact) mass is 431 g/mol. The fourth-order valence-corrected chi connectivity index (χ4v) is 4.97. The number of carbonyl (C=O) groups excluding carboxylic acids is 1. The second-order valence-corrected chi connectivity index (χ2v) is 8.53. The van der Waals surface area contributed by atoms with Gasteiger partial charge >= 0.3 is 0 Å². The van der Waals surface area contributed by atoms with Crippen molar-refractivity contribution in [3.8, 4) is 11.5 Å². The van der Waals surface area contributed by atoms with Crippen LogP contribution >= 0.6 is 0 Å². The third kappa shape index (κ3) is 3.79. The average Bonchev–Trinajstić information content (AvgIpc) is 3.30. The van der Waals surface area contributed by atoms with Crippen molar-refractivity contribution in [2.75, 3.05) is 40.4 Å². The number of nitrogens with zero attached hydrogens (tertiary/aromatic N) is 3. The number of amides is 1. The van der Waals surface area contributed by atoms with E-state index in [1.165, 1.54) is 0 Å². The summed E-state index contributed by atoms with van der Waals surface area (Å²) < 4.78 is 10.9. The Bertz CT molecular complexity index is 1150. The zero-order valence-electron chi connectivity index (χ0n) is 18.8. The van der Waals surface area contributed by atoms with Crippen molar-refractivity contribution in [2.24, 2.45) is 0 Å². The van der Waals surface area contributed by atoms with Gasteiger partial charge in [-0.05, 0) is 49.1 Å². The van der Waals surface area contributed by atoms with Gasteiger partial charge in [0, 0.05) is 49.4 Å². The van der Waals surface area contributed by atoms with E-state index in [4.69, 9.17) is 14.5 Å². The molecule has 3 aromatic rings. The Labute approximate surface area is 188 Å². The number of fused-ring (bicyclic) bond motifs is 2.